The molecule has 36 heavy (non-hydrogen) atoms. The fraction of sp³-hybridized carbons (Fsp3) is 0.179. The van der Waals surface area contributed by atoms with Gasteiger partial charge in [-0.05, 0) is 42.2 Å². The fourth-order valence-corrected chi connectivity index (χ4v) is 4.06. The highest BCUT2D eigenvalue weighted by molar-refractivity contribution is 5.95. The lowest BCUT2D eigenvalue weighted by Crippen LogP contribution is -2.41. The molecule has 0 aliphatic heterocycles. The van der Waals surface area contributed by atoms with Crippen LogP contribution in [0.1, 0.15) is 22.3 Å². The molecule has 8 nitrogen and oxygen atoms in total. The van der Waals surface area contributed by atoms with E-state index in [9.17, 15) is 14.4 Å². The SMILES string of the molecule is Cc1ccc(C)c(NC(=O)CN(Cc2ccccc2)c2c(N)n(Cc3ccccc3)c(=O)[nH]c2=O)c1. The average molecular weight is 484 g/mol. The van der Waals surface area contributed by atoms with Crippen LogP contribution in [0.2, 0.25) is 0 Å². The summed E-state index contributed by atoms with van der Waals surface area (Å²) < 4.78 is 1.31. The predicted octanol–water partition coefficient (Wildman–Crippen LogP) is 3.43. The Kier molecular flexibility index (Phi) is 7.34. The normalized spacial score (nSPS) is 10.7. The van der Waals surface area contributed by atoms with Gasteiger partial charge >= 0.3 is 5.69 Å². The van der Waals surface area contributed by atoms with Crippen LogP contribution in [0.4, 0.5) is 17.2 Å². The smallest absolute Gasteiger partial charge is 0.330 e. The van der Waals surface area contributed by atoms with Gasteiger partial charge in [-0.15, -0.1) is 0 Å². The maximum atomic E-state index is 13.1. The van der Waals surface area contributed by atoms with Gasteiger partial charge in [0.2, 0.25) is 5.91 Å². The summed E-state index contributed by atoms with van der Waals surface area (Å²) in [5.41, 5.74) is 9.65. The molecule has 4 rings (SSSR count). The number of aryl methyl sites for hydroxylation is 2. The molecule has 184 valence electrons. The Morgan fingerprint density at radius 1 is 0.944 bits per heavy atom. The minimum Gasteiger partial charge on any atom is -0.383 e. The molecule has 1 amide bonds. The van der Waals surface area contributed by atoms with Crippen molar-refractivity contribution in [3.63, 3.8) is 0 Å². The van der Waals surface area contributed by atoms with Crippen molar-refractivity contribution in [1.29, 1.82) is 0 Å². The first-order valence-electron chi connectivity index (χ1n) is 11.6. The van der Waals surface area contributed by atoms with E-state index in [1.807, 2.05) is 92.7 Å². The Labute approximate surface area is 209 Å². The molecule has 1 aromatic heterocycles. The van der Waals surface area contributed by atoms with Crippen LogP contribution in [0, 0.1) is 13.8 Å². The van der Waals surface area contributed by atoms with Crippen molar-refractivity contribution in [1.82, 2.24) is 9.55 Å². The summed E-state index contributed by atoms with van der Waals surface area (Å²) in [5, 5.41) is 2.94. The third-order valence-electron chi connectivity index (χ3n) is 5.93. The molecule has 0 spiro atoms. The maximum absolute atomic E-state index is 13.1. The molecule has 0 saturated heterocycles. The minimum absolute atomic E-state index is 0.00284. The van der Waals surface area contributed by atoms with Gasteiger partial charge < -0.3 is 16.0 Å². The number of nitrogens with two attached hydrogens (primary N) is 1. The van der Waals surface area contributed by atoms with E-state index in [2.05, 4.69) is 10.3 Å². The lowest BCUT2D eigenvalue weighted by atomic mass is 10.1. The van der Waals surface area contributed by atoms with E-state index < -0.39 is 11.2 Å². The summed E-state index contributed by atoms with van der Waals surface area (Å²) in [6.07, 6.45) is 0. The number of carbonyl (C=O) groups excluding carboxylic acids is 1. The molecule has 4 aromatic rings. The Bertz CT molecular complexity index is 1480. The van der Waals surface area contributed by atoms with Crippen LogP contribution in [0.15, 0.2) is 88.5 Å². The molecule has 0 radical (unpaired) electrons. The number of amides is 1. The molecular weight excluding hydrogens is 454 g/mol. The zero-order valence-corrected chi connectivity index (χ0v) is 20.3. The maximum Gasteiger partial charge on any atom is 0.330 e. The molecule has 4 N–H and O–H groups in total. The van der Waals surface area contributed by atoms with Crippen molar-refractivity contribution >= 4 is 23.1 Å². The zero-order valence-electron chi connectivity index (χ0n) is 20.3. The lowest BCUT2D eigenvalue weighted by Gasteiger charge is -2.26. The third-order valence-corrected chi connectivity index (χ3v) is 5.93. The molecule has 1 heterocycles. The van der Waals surface area contributed by atoms with E-state index in [4.69, 9.17) is 5.73 Å². The van der Waals surface area contributed by atoms with Gasteiger partial charge in [0.1, 0.15) is 11.5 Å². The number of aromatic amines is 1. The summed E-state index contributed by atoms with van der Waals surface area (Å²) in [6, 6.07) is 24.6. The number of hydrogen-bond acceptors (Lipinski definition) is 5. The second-order valence-corrected chi connectivity index (χ2v) is 8.77. The van der Waals surface area contributed by atoms with E-state index in [1.54, 1.807) is 4.90 Å². The van der Waals surface area contributed by atoms with Crippen LogP contribution in [-0.4, -0.2) is 22.0 Å². The highest BCUT2D eigenvalue weighted by Gasteiger charge is 2.22. The molecule has 8 heteroatoms. The largest absolute Gasteiger partial charge is 0.383 e. The zero-order chi connectivity index (χ0) is 25.7. The Morgan fingerprint density at radius 2 is 1.58 bits per heavy atom. The number of H-pyrrole nitrogens is 1. The number of aromatic nitrogens is 2. The highest BCUT2D eigenvalue weighted by Crippen LogP contribution is 2.21. The van der Waals surface area contributed by atoms with E-state index in [0.717, 1.165) is 22.3 Å². The van der Waals surface area contributed by atoms with Crippen molar-refractivity contribution in [2.75, 3.05) is 22.5 Å². The first kappa shape index (κ1) is 24.5. The van der Waals surface area contributed by atoms with Crippen LogP contribution in [0.3, 0.4) is 0 Å². The van der Waals surface area contributed by atoms with Crippen LogP contribution >= 0.6 is 0 Å². The van der Waals surface area contributed by atoms with Crippen LogP contribution in [0.5, 0.6) is 0 Å². The molecule has 0 unspecified atom stereocenters. The standard InChI is InChI=1S/C28H29N5O3/c1-19-13-14-20(2)23(15-19)30-24(34)18-32(16-21-9-5-3-6-10-21)25-26(29)33(28(36)31-27(25)35)17-22-11-7-4-8-12-22/h3-15H,16-18,29H2,1-2H3,(H,30,34)(H,31,35,36). The summed E-state index contributed by atoms with van der Waals surface area (Å²) in [5.74, 6) is -0.303. The first-order valence-corrected chi connectivity index (χ1v) is 11.6. The van der Waals surface area contributed by atoms with E-state index in [-0.39, 0.29) is 37.0 Å². The van der Waals surface area contributed by atoms with Gasteiger partial charge in [0.25, 0.3) is 5.56 Å². The Balaban J connectivity index is 1.71. The highest BCUT2D eigenvalue weighted by atomic mass is 16.2. The number of nitrogen functional groups attached to an aromatic ring is 1. The molecule has 0 fully saturated rings. The van der Waals surface area contributed by atoms with E-state index in [1.165, 1.54) is 4.57 Å². The number of rotatable bonds is 8. The van der Waals surface area contributed by atoms with Crippen molar-refractivity contribution < 1.29 is 4.79 Å². The molecular formula is C28H29N5O3. The van der Waals surface area contributed by atoms with Gasteiger partial charge in [-0.2, -0.15) is 0 Å². The lowest BCUT2D eigenvalue weighted by molar-refractivity contribution is -0.115. The molecule has 0 saturated carbocycles. The topological polar surface area (TPSA) is 113 Å². The average Bonchev–Trinajstić information content (AvgIpc) is 2.85. The van der Waals surface area contributed by atoms with E-state index in [0.29, 0.717) is 5.69 Å². The second kappa shape index (κ2) is 10.8. The van der Waals surface area contributed by atoms with Crippen LogP contribution in [0.25, 0.3) is 0 Å². The molecule has 0 aliphatic carbocycles. The number of carbonyl (C=O) groups is 1. The number of nitrogens with zero attached hydrogens (tertiary/aromatic N) is 2. The molecule has 0 atom stereocenters. The molecule has 0 bridgehead atoms. The summed E-state index contributed by atoms with van der Waals surface area (Å²) in [6.45, 7) is 4.16. The van der Waals surface area contributed by atoms with Gasteiger partial charge in [0.15, 0.2) is 0 Å². The number of benzene rings is 3. The van der Waals surface area contributed by atoms with Gasteiger partial charge in [-0.25, -0.2) is 4.79 Å². The van der Waals surface area contributed by atoms with Crippen molar-refractivity contribution in [3.05, 3.63) is 122 Å². The number of hydrogen-bond donors (Lipinski definition) is 3. The number of nitrogens with one attached hydrogen (secondary N) is 2. The number of anilines is 3. The third kappa shape index (κ3) is 5.72. The van der Waals surface area contributed by atoms with Gasteiger partial charge in [-0.3, -0.25) is 19.1 Å². The summed E-state index contributed by atoms with van der Waals surface area (Å²) >= 11 is 0. The van der Waals surface area contributed by atoms with Crippen molar-refractivity contribution in [2.24, 2.45) is 0 Å². The van der Waals surface area contributed by atoms with Gasteiger partial charge in [0, 0.05) is 12.2 Å². The van der Waals surface area contributed by atoms with E-state index >= 15 is 0 Å². The first-order chi connectivity index (χ1) is 17.3. The van der Waals surface area contributed by atoms with Gasteiger partial charge in [-0.1, -0.05) is 72.8 Å². The van der Waals surface area contributed by atoms with Crippen molar-refractivity contribution in [2.45, 2.75) is 26.9 Å². The van der Waals surface area contributed by atoms with Crippen molar-refractivity contribution in [3.8, 4) is 0 Å². The fourth-order valence-electron chi connectivity index (χ4n) is 4.06. The molecule has 3 aromatic carbocycles. The van der Waals surface area contributed by atoms with Crippen LogP contribution < -0.4 is 27.2 Å². The minimum atomic E-state index is -0.641. The summed E-state index contributed by atoms with van der Waals surface area (Å²) in [7, 11) is 0. The quantitative estimate of drug-likeness (QED) is 0.355. The second-order valence-electron chi connectivity index (χ2n) is 8.77. The monoisotopic (exact) mass is 483 g/mol. The summed E-state index contributed by atoms with van der Waals surface area (Å²) in [4.78, 5) is 42.8. The Morgan fingerprint density at radius 3 is 2.25 bits per heavy atom. The Hall–Kier alpha value is -4.59. The molecule has 0 aliphatic rings. The van der Waals surface area contributed by atoms with Crippen LogP contribution in [-0.2, 0) is 17.9 Å². The predicted molar refractivity (Wildman–Crippen MR) is 143 cm³/mol. The van der Waals surface area contributed by atoms with Gasteiger partial charge in [0.05, 0.1) is 13.1 Å².